The first kappa shape index (κ1) is 21.7. The van der Waals surface area contributed by atoms with Gasteiger partial charge in [0.05, 0.1) is 13.0 Å². The molecule has 1 aromatic rings. The van der Waals surface area contributed by atoms with E-state index in [2.05, 4.69) is 5.32 Å². The summed E-state index contributed by atoms with van der Waals surface area (Å²) in [5.41, 5.74) is 2.15. The number of esters is 1. The third-order valence-corrected chi connectivity index (χ3v) is 4.75. The number of nitrogens with zero attached hydrogens (tertiary/aromatic N) is 1. The molecule has 0 aliphatic carbocycles. The number of piperidine rings is 1. The van der Waals surface area contributed by atoms with Gasteiger partial charge in [-0.2, -0.15) is 0 Å². The number of carbonyl (C=O) groups is 3. The molecule has 1 fully saturated rings. The predicted molar refractivity (Wildman–Crippen MR) is 105 cm³/mol. The lowest BCUT2D eigenvalue weighted by Crippen LogP contribution is -2.47. The topological polar surface area (TPSA) is 84.9 Å². The molecule has 1 heterocycles. The highest BCUT2D eigenvalue weighted by atomic mass is 16.5. The van der Waals surface area contributed by atoms with Gasteiger partial charge < -0.3 is 19.7 Å². The summed E-state index contributed by atoms with van der Waals surface area (Å²) < 4.78 is 10.4. The molecule has 1 aliphatic heterocycles. The summed E-state index contributed by atoms with van der Waals surface area (Å²) in [5.74, 6) is 0.160. The maximum Gasteiger partial charge on any atom is 0.306 e. The number of hydrogen-bond acceptors (Lipinski definition) is 5. The van der Waals surface area contributed by atoms with Gasteiger partial charge in [0, 0.05) is 25.6 Å². The smallest absolute Gasteiger partial charge is 0.306 e. The molecule has 1 saturated heterocycles. The Bertz CT molecular complexity index is 696. The quantitative estimate of drug-likeness (QED) is 0.688. The largest absolute Gasteiger partial charge is 0.484 e. The minimum atomic E-state index is -0.346. The van der Waals surface area contributed by atoms with E-state index in [1.807, 2.05) is 32.0 Å². The van der Waals surface area contributed by atoms with Crippen LogP contribution in [0.2, 0.25) is 0 Å². The van der Waals surface area contributed by atoms with Gasteiger partial charge in [0.25, 0.3) is 5.91 Å². The van der Waals surface area contributed by atoms with Crippen LogP contribution in [-0.2, 0) is 19.1 Å². The number of hydrogen-bond donors (Lipinski definition) is 1. The van der Waals surface area contributed by atoms with Gasteiger partial charge in [-0.05, 0) is 45.2 Å². The maximum absolute atomic E-state index is 12.2. The van der Waals surface area contributed by atoms with Gasteiger partial charge in [0.1, 0.15) is 5.75 Å². The molecule has 1 aromatic carbocycles. The molecule has 7 heteroatoms. The summed E-state index contributed by atoms with van der Waals surface area (Å²) >= 11 is 0. The van der Waals surface area contributed by atoms with Gasteiger partial charge in [0.2, 0.25) is 5.91 Å². The number of aryl methyl sites for hydroxylation is 2. The van der Waals surface area contributed by atoms with Crippen molar-refractivity contribution < 1.29 is 23.9 Å². The fraction of sp³-hybridized carbons (Fsp3) is 0.571. The lowest BCUT2D eigenvalue weighted by molar-refractivity contribution is -0.146. The Kier molecular flexibility index (Phi) is 8.29. The van der Waals surface area contributed by atoms with Crippen molar-refractivity contribution in [2.45, 2.75) is 52.5 Å². The van der Waals surface area contributed by atoms with Gasteiger partial charge >= 0.3 is 5.97 Å². The molecule has 0 radical (unpaired) electrons. The molecule has 28 heavy (non-hydrogen) atoms. The minimum Gasteiger partial charge on any atom is -0.484 e. The van der Waals surface area contributed by atoms with E-state index in [-0.39, 0.29) is 43.3 Å². The summed E-state index contributed by atoms with van der Waals surface area (Å²) in [6, 6.07) is 5.87. The SMILES string of the molecule is CCOC(=O)CCC(=O)N1CCC(NC(=O)COc2ccc(C)cc2C)CC1. The van der Waals surface area contributed by atoms with Crippen LogP contribution in [0.25, 0.3) is 0 Å². The average Bonchev–Trinajstić information content (AvgIpc) is 2.66. The van der Waals surface area contributed by atoms with Gasteiger partial charge in [-0.15, -0.1) is 0 Å². The van der Waals surface area contributed by atoms with Gasteiger partial charge in [0.15, 0.2) is 6.61 Å². The second kappa shape index (κ2) is 10.7. The highest BCUT2D eigenvalue weighted by Gasteiger charge is 2.24. The first-order chi connectivity index (χ1) is 13.4. The molecule has 0 aromatic heterocycles. The Morgan fingerprint density at radius 3 is 2.50 bits per heavy atom. The van der Waals surface area contributed by atoms with Crippen LogP contribution in [0.4, 0.5) is 0 Å². The predicted octanol–water partition coefficient (Wildman–Crippen LogP) is 2.13. The monoisotopic (exact) mass is 390 g/mol. The zero-order chi connectivity index (χ0) is 20.5. The highest BCUT2D eigenvalue weighted by Crippen LogP contribution is 2.18. The number of likely N-dealkylation sites (tertiary alicyclic amines) is 1. The summed E-state index contributed by atoms with van der Waals surface area (Å²) in [6.45, 7) is 7.15. The zero-order valence-corrected chi connectivity index (χ0v) is 17.0. The maximum atomic E-state index is 12.2. The molecule has 1 N–H and O–H groups in total. The Labute approximate surface area is 166 Å². The Hall–Kier alpha value is -2.57. The minimum absolute atomic E-state index is 0.0252. The Balaban J connectivity index is 1.68. The summed E-state index contributed by atoms with van der Waals surface area (Å²) in [7, 11) is 0. The second-order valence-electron chi connectivity index (χ2n) is 7.09. The van der Waals surface area contributed by atoms with Crippen molar-refractivity contribution in [2.75, 3.05) is 26.3 Å². The van der Waals surface area contributed by atoms with Crippen LogP contribution in [0, 0.1) is 13.8 Å². The summed E-state index contributed by atoms with van der Waals surface area (Å²) in [6.07, 6.45) is 1.67. The first-order valence-electron chi connectivity index (χ1n) is 9.82. The molecule has 0 spiro atoms. The second-order valence-corrected chi connectivity index (χ2v) is 7.09. The third-order valence-electron chi connectivity index (χ3n) is 4.75. The lowest BCUT2D eigenvalue weighted by Gasteiger charge is -2.32. The molecule has 2 rings (SSSR count). The van der Waals surface area contributed by atoms with E-state index in [0.29, 0.717) is 38.3 Å². The molecule has 2 amide bonds. The molecular weight excluding hydrogens is 360 g/mol. The van der Waals surface area contributed by atoms with E-state index in [1.54, 1.807) is 11.8 Å². The molecule has 0 bridgehead atoms. The van der Waals surface area contributed by atoms with Crippen molar-refractivity contribution >= 4 is 17.8 Å². The van der Waals surface area contributed by atoms with Crippen molar-refractivity contribution in [1.82, 2.24) is 10.2 Å². The number of nitrogens with one attached hydrogen (secondary N) is 1. The van der Waals surface area contributed by atoms with Crippen LogP contribution in [0.15, 0.2) is 18.2 Å². The lowest BCUT2D eigenvalue weighted by atomic mass is 10.0. The number of ether oxygens (including phenoxy) is 2. The number of carbonyl (C=O) groups excluding carboxylic acids is 3. The Morgan fingerprint density at radius 2 is 1.86 bits per heavy atom. The van der Waals surface area contributed by atoms with Crippen LogP contribution in [0.5, 0.6) is 5.75 Å². The molecule has 0 unspecified atom stereocenters. The van der Waals surface area contributed by atoms with Crippen molar-refractivity contribution in [2.24, 2.45) is 0 Å². The molecule has 7 nitrogen and oxygen atoms in total. The van der Waals surface area contributed by atoms with Crippen LogP contribution < -0.4 is 10.1 Å². The van der Waals surface area contributed by atoms with Crippen LogP contribution in [0.1, 0.15) is 43.7 Å². The van der Waals surface area contributed by atoms with Gasteiger partial charge in [-0.3, -0.25) is 14.4 Å². The van der Waals surface area contributed by atoms with E-state index < -0.39 is 0 Å². The molecular formula is C21H30N2O5. The highest BCUT2D eigenvalue weighted by molar-refractivity contribution is 5.81. The normalized spacial score (nSPS) is 14.5. The molecule has 154 valence electrons. The van der Waals surface area contributed by atoms with E-state index in [1.165, 1.54) is 0 Å². The van der Waals surface area contributed by atoms with Crippen molar-refractivity contribution in [1.29, 1.82) is 0 Å². The van der Waals surface area contributed by atoms with Crippen LogP contribution in [-0.4, -0.2) is 55.0 Å². The van der Waals surface area contributed by atoms with E-state index >= 15 is 0 Å². The van der Waals surface area contributed by atoms with E-state index in [4.69, 9.17) is 9.47 Å². The fourth-order valence-corrected chi connectivity index (χ4v) is 3.25. The average molecular weight is 390 g/mol. The summed E-state index contributed by atoms with van der Waals surface area (Å²) in [4.78, 5) is 37.4. The summed E-state index contributed by atoms with van der Waals surface area (Å²) in [5, 5.41) is 2.97. The molecule has 0 atom stereocenters. The fourth-order valence-electron chi connectivity index (χ4n) is 3.25. The third kappa shape index (κ3) is 6.87. The number of amides is 2. The van der Waals surface area contributed by atoms with Crippen molar-refractivity contribution in [3.63, 3.8) is 0 Å². The zero-order valence-electron chi connectivity index (χ0n) is 17.0. The molecule has 0 saturated carbocycles. The van der Waals surface area contributed by atoms with Gasteiger partial charge in [-0.25, -0.2) is 0 Å². The number of rotatable bonds is 8. The first-order valence-corrected chi connectivity index (χ1v) is 9.82. The van der Waals surface area contributed by atoms with Gasteiger partial charge in [-0.1, -0.05) is 17.7 Å². The van der Waals surface area contributed by atoms with E-state index in [9.17, 15) is 14.4 Å². The van der Waals surface area contributed by atoms with Crippen LogP contribution >= 0.6 is 0 Å². The Morgan fingerprint density at radius 1 is 1.14 bits per heavy atom. The number of benzene rings is 1. The van der Waals surface area contributed by atoms with Crippen molar-refractivity contribution in [3.05, 3.63) is 29.3 Å². The standard InChI is InChI=1S/C21H30N2O5/c1-4-27-21(26)8-7-20(25)23-11-9-17(10-12-23)22-19(24)14-28-18-6-5-15(2)13-16(18)3/h5-6,13,17H,4,7-12,14H2,1-3H3,(H,22,24). The van der Waals surface area contributed by atoms with E-state index in [0.717, 1.165) is 11.1 Å². The molecule has 1 aliphatic rings. The van der Waals surface area contributed by atoms with Crippen LogP contribution in [0.3, 0.4) is 0 Å². The van der Waals surface area contributed by atoms with Crippen molar-refractivity contribution in [3.8, 4) is 5.75 Å².